The van der Waals surface area contributed by atoms with Crippen LogP contribution in [-0.2, 0) is 13.9 Å². The summed E-state index contributed by atoms with van der Waals surface area (Å²) in [5.41, 5.74) is 0.176. The minimum Gasteiger partial charge on any atom is -0.478 e. The molecule has 0 heterocycles. The van der Waals surface area contributed by atoms with Crippen LogP contribution in [0.15, 0.2) is 24.8 Å². The molecular formula is C7H13O6P. The number of hydrogen-bond donors (Lipinski definition) is 3. The standard InChI is InChI=1S/C4H6O2.C3H7O4P/c1-3(2)4(5)6;1-2-3-7-8(4,5)6/h1H2,2H3,(H,5,6);2H,1,3H2,(H2,4,5,6). The minimum atomic E-state index is -4.25. The highest BCUT2D eigenvalue weighted by molar-refractivity contribution is 7.46. The summed E-state index contributed by atoms with van der Waals surface area (Å²) in [6.07, 6.45) is 1.26. The van der Waals surface area contributed by atoms with E-state index in [0.29, 0.717) is 0 Å². The summed E-state index contributed by atoms with van der Waals surface area (Å²) in [7, 11) is -4.25. The number of hydrogen-bond acceptors (Lipinski definition) is 3. The van der Waals surface area contributed by atoms with Crippen molar-refractivity contribution in [2.45, 2.75) is 6.92 Å². The molecule has 0 aliphatic heterocycles. The fourth-order valence-electron chi connectivity index (χ4n) is 0.150. The smallest absolute Gasteiger partial charge is 0.469 e. The Morgan fingerprint density at radius 2 is 1.93 bits per heavy atom. The lowest BCUT2D eigenvalue weighted by Gasteiger charge is -1.98. The van der Waals surface area contributed by atoms with Gasteiger partial charge in [0.2, 0.25) is 0 Å². The van der Waals surface area contributed by atoms with Crippen molar-refractivity contribution in [1.29, 1.82) is 0 Å². The van der Waals surface area contributed by atoms with E-state index < -0.39 is 13.8 Å². The lowest BCUT2D eigenvalue weighted by atomic mass is 10.4. The molecule has 0 bridgehead atoms. The quantitative estimate of drug-likeness (QED) is 0.372. The molecule has 0 fully saturated rings. The van der Waals surface area contributed by atoms with E-state index in [0.717, 1.165) is 0 Å². The number of aliphatic carboxylic acids is 1. The van der Waals surface area contributed by atoms with Gasteiger partial charge in [0.05, 0.1) is 6.61 Å². The fraction of sp³-hybridized carbons (Fsp3) is 0.286. The molecule has 0 aliphatic carbocycles. The van der Waals surface area contributed by atoms with Gasteiger partial charge in [0.15, 0.2) is 0 Å². The van der Waals surface area contributed by atoms with Gasteiger partial charge in [-0.25, -0.2) is 9.36 Å². The molecule has 0 aromatic rings. The molecule has 0 aromatic carbocycles. The van der Waals surface area contributed by atoms with Crippen LogP contribution in [0.4, 0.5) is 0 Å². The predicted octanol–water partition coefficient (Wildman–Crippen LogP) is 0.929. The Kier molecular flexibility index (Phi) is 8.28. The van der Waals surface area contributed by atoms with Gasteiger partial charge < -0.3 is 14.9 Å². The second-order valence-electron chi connectivity index (χ2n) is 2.16. The molecule has 6 nitrogen and oxygen atoms in total. The number of carbonyl (C=O) groups is 1. The van der Waals surface area contributed by atoms with Crippen molar-refractivity contribution in [3.05, 3.63) is 24.8 Å². The van der Waals surface area contributed by atoms with Gasteiger partial charge in [-0.15, -0.1) is 6.58 Å². The predicted molar refractivity (Wildman–Crippen MR) is 50.6 cm³/mol. The van der Waals surface area contributed by atoms with Crippen molar-refractivity contribution in [3.63, 3.8) is 0 Å². The summed E-state index contributed by atoms with van der Waals surface area (Å²) in [4.78, 5) is 25.6. The first-order valence-electron chi connectivity index (χ1n) is 3.40. The second kappa shape index (κ2) is 7.46. The van der Waals surface area contributed by atoms with Gasteiger partial charge in [0.25, 0.3) is 0 Å². The van der Waals surface area contributed by atoms with Crippen LogP contribution in [0.2, 0.25) is 0 Å². The summed E-state index contributed by atoms with van der Waals surface area (Å²) in [6, 6.07) is 0. The molecule has 3 N–H and O–H groups in total. The summed E-state index contributed by atoms with van der Waals surface area (Å²) >= 11 is 0. The highest BCUT2D eigenvalue weighted by Crippen LogP contribution is 2.35. The van der Waals surface area contributed by atoms with Crippen molar-refractivity contribution in [2.75, 3.05) is 6.61 Å². The molecular weight excluding hydrogens is 211 g/mol. The monoisotopic (exact) mass is 224 g/mol. The first-order chi connectivity index (χ1) is 6.20. The molecule has 14 heavy (non-hydrogen) atoms. The topological polar surface area (TPSA) is 104 Å². The highest BCUT2D eigenvalue weighted by Gasteiger charge is 2.10. The third kappa shape index (κ3) is 17.2. The average molecular weight is 224 g/mol. The Bertz CT molecular complexity index is 241. The summed E-state index contributed by atoms with van der Waals surface area (Å²) in [6.45, 7) is 7.68. The Balaban J connectivity index is 0. The maximum Gasteiger partial charge on any atom is 0.469 e. The van der Waals surface area contributed by atoms with Gasteiger partial charge >= 0.3 is 13.8 Å². The zero-order chi connectivity index (χ0) is 11.8. The van der Waals surface area contributed by atoms with E-state index in [1.807, 2.05) is 0 Å². The molecule has 0 spiro atoms. The number of carboxylic acids is 1. The van der Waals surface area contributed by atoms with Crippen molar-refractivity contribution < 1.29 is 28.8 Å². The molecule has 0 rings (SSSR count). The van der Waals surface area contributed by atoms with Gasteiger partial charge in [-0.1, -0.05) is 12.7 Å². The van der Waals surface area contributed by atoms with Crippen LogP contribution in [0.3, 0.4) is 0 Å². The maximum absolute atomic E-state index is 9.81. The van der Waals surface area contributed by atoms with Gasteiger partial charge in [0.1, 0.15) is 0 Å². The van der Waals surface area contributed by atoms with Crippen LogP contribution >= 0.6 is 7.82 Å². The Labute approximate surface area is 81.8 Å². The number of rotatable bonds is 4. The molecule has 0 aliphatic rings. The van der Waals surface area contributed by atoms with E-state index in [-0.39, 0.29) is 12.2 Å². The van der Waals surface area contributed by atoms with Crippen LogP contribution in [0, 0.1) is 0 Å². The molecule has 0 aromatic heterocycles. The zero-order valence-corrected chi connectivity index (χ0v) is 8.61. The first-order valence-corrected chi connectivity index (χ1v) is 4.93. The molecule has 0 amide bonds. The Hall–Kier alpha value is -0.940. The van der Waals surface area contributed by atoms with Crippen LogP contribution < -0.4 is 0 Å². The third-order valence-electron chi connectivity index (χ3n) is 0.726. The van der Waals surface area contributed by atoms with Crippen LogP contribution in [-0.4, -0.2) is 27.5 Å². The lowest BCUT2D eigenvalue weighted by Crippen LogP contribution is -1.92. The number of phosphoric acid groups is 1. The third-order valence-corrected chi connectivity index (χ3v) is 1.21. The lowest BCUT2D eigenvalue weighted by molar-refractivity contribution is -0.132. The largest absolute Gasteiger partial charge is 0.478 e. The van der Waals surface area contributed by atoms with E-state index in [9.17, 15) is 9.36 Å². The molecule has 0 radical (unpaired) electrons. The summed E-state index contributed by atoms with van der Waals surface area (Å²) in [5, 5.41) is 7.89. The molecule has 82 valence electrons. The maximum atomic E-state index is 9.81. The van der Waals surface area contributed by atoms with Crippen LogP contribution in [0.25, 0.3) is 0 Å². The van der Waals surface area contributed by atoms with Crippen molar-refractivity contribution in [3.8, 4) is 0 Å². The SMILES string of the molecule is C=C(C)C(=O)O.C=CCOP(=O)(O)O. The average Bonchev–Trinajstić information content (AvgIpc) is 2.00. The Morgan fingerprint density at radius 1 is 1.57 bits per heavy atom. The van der Waals surface area contributed by atoms with Crippen molar-refractivity contribution >= 4 is 13.8 Å². The normalized spacial score (nSPS) is 9.64. The molecule has 0 saturated heterocycles. The summed E-state index contributed by atoms with van der Waals surface area (Å²) in [5.74, 6) is -0.935. The minimum absolute atomic E-state index is 0.121. The van der Waals surface area contributed by atoms with Gasteiger partial charge in [-0.3, -0.25) is 4.52 Å². The van der Waals surface area contributed by atoms with E-state index >= 15 is 0 Å². The van der Waals surface area contributed by atoms with E-state index in [2.05, 4.69) is 17.7 Å². The zero-order valence-electron chi connectivity index (χ0n) is 7.71. The molecule has 0 saturated carbocycles. The molecule has 0 unspecified atom stereocenters. The van der Waals surface area contributed by atoms with E-state index in [4.69, 9.17) is 14.9 Å². The van der Waals surface area contributed by atoms with Crippen LogP contribution in [0.1, 0.15) is 6.92 Å². The first kappa shape index (κ1) is 15.5. The fourth-order valence-corrected chi connectivity index (χ4v) is 0.449. The van der Waals surface area contributed by atoms with Gasteiger partial charge in [-0.2, -0.15) is 0 Å². The summed E-state index contributed by atoms with van der Waals surface area (Å²) < 4.78 is 13.7. The second-order valence-corrected chi connectivity index (χ2v) is 3.40. The van der Waals surface area contributed by atoms with Crippen molar-refractivity contribution in [2.24, 2.45) is 0 Å². The van der Waals surface area contributed by atoms with E-state index in [1.165, 1.54) is 13.0 Å². The van der Waals surface area contributed by atoms with Gasteiger partial charge in [-0.05, 0) is 6.92 Å². The Morgan fingerprint density at radius 3 is 2.00 bits per heavy atom. The number of phosphoric ester groups is 1. The van der Waals surface area contributed by atoms with E-state index in [1.54, 1.807) is 0 Å². The number of carboxylic acid groups (broad SMARTS) is 1. The highest BCUT2D eigenvalue weighted by atomic mass is 31.2. The van der Waals surface area contributed by atoms with Crippen LogP contribution in [0.5, 0.6) is 0 Å². The molecule has 0 atom stereocenters. The molecule has 7 heteroatoms. The van der Waals surface area contributed by atoms with Crippen molar-refractivity contribution in [1.82, 2.24) is 0 Å². The van der Waals surface area contributed by atoms with Gasteiger partial charge in [0, 0.05) is 5.57 Å².